The third-order valence-corrected chi connectivity index (χ3v) is 2.66. The average molecular weight is 278 g/mol. The molecule has 0 spiro atoms. The largest absolute Gasteiger partial charge is 0.493 e. The number of hydrogen-bond acceptors (Lipinski definition) is 3. The van der Waals surface area contributed by atoms with Gasteiger partial charge in [-0.1, -0.05) is 12.1 Å². The molecular weight excluding hydrogens is 261 g/mol. The maximum Gasteiger partial charge on any atom is 0.419 e. The molecule has 6 heteroatoms. The third kappa shape index (κ3) is 5.08. The normalized spacial score (nSPS) is 13.3. The summed E-state index contributed by atoms with van der Waals surface area (Å²) < 4.78 is 48.2. The summed E-state index contributed by atoms with van der Waals surface area (Å²) in [6.45, 7) is 0.292. The summed E-state index contributed by atoms with van der Waals surface area (Å²) in [6, 6.07) is 5.03. The molecule has 0 aliphatic heterocycles. The van der Waals surface area contributed by atoms with E-state index in [-0.39, 0.29) is 24.9 Å². The molecule has 0 aliphatic carbocycles. The van der Waals surface area contributed by atoms with Crippen molar-refractivity contribution in [2.75, 3.05) is 26.9 Å². The zero-order chi connectivity index (χ0) is 14.3. The summed E-state index contributed by atoms with van der Waals surface area (Å²) >= 11 is 0. The molecule has 1 N–H and O–H groups in total. The zero-order valence-corrected chi connectivity index (χ0v) is 10.6. The highest BCUT2D eigenvalue weighted by Gasteiger charge is 2.34. The molecule has 19 heavy (non-hydrogen) atoms. The number of benzene rings is 1. The minimum Gasteiger partial charge on any atom is -0.493 e. The first kappa shape index (κ1) is 15.8. The number of aliphatic hydroxyl groups is 1. The van der Waals surface area contributed by atoms with E-state index in [2.05, 4.69) is 0 Å². The van der Waals surface area contributed by atoms with Crippen LogP contribution in [-0.4, -0.2) is 32.0 Å². The van der Waals surface area contributed by atoms with Gasteiger partial charge in [0.2, 0.25) is 0 Å². The Balaban J connectivity index is 2.66. The van der Waals surface area contributed by atoms with Crippen molar-refractivity contribution >= 4 is 0 Å². The van der Waals surface area contributed by atoms with Gasteiger partial charge in [-0.2, -0.15) is 13.2 Å². The van der Waals surface area contributed by atoms with Crippen LogP contribution in [0.4, 0.5) is 13.2 Å². The van der Waals surface area contributed by atoms with Crippen LogP contribution in [0.5, 0.6) is 5.75 Å². The molecule has 1 aromatic carbocycles. The van der Waals surface area contributed by atoms with Gasteiger partial charge in [-0.15, -0.1) is 0 Å². The minimum atomic E-state index is -4.45. The Morgan fingerprint density at radius 2 is 1.95 bits per heavy atom. The Morgan fingerprint density at radius 3 is 2.53 bits per heavy atom. The monoisotopic (exact) mass is 278 g/mol. The summed E-state index contributed by atoms with van der Waals surface area (Å²) in [4.78, 5) is 0. The Hall–Kier alpha value is -1.27. The van der Waals surface area contributed by atoms with Crippen LogP contribution in [0.15, 0.2) is 24.3 Å². The molecule has 0 fully saturated rings. The Kier molecular flexibility index (Phi) is 6.11. The smallest absolute Gasteiger partial charge is 0.419 e. The van der Waals surface area contributed by atoms with Gasteiger partial charge in [-0.3, -0.25) is 0 Å². The first-order valence-electron chi connectivity index (χ1n) is 5.87. The molecule has 0 saturated carbocycles. The van der Waals surface area contributed by atoms with Gasteiger partial charge in [0, 0.05) is 26.2 Å². The van der Waals surface area contributed by atoms with Gasteiger partial charge >= 0.3 is 6.18 Å². The molecule has 108 valence electrons. The van der Waals surface area contributed by atoms with Crippen molar-refractivity contribution in [3.8, 4) is 5.75 Å². The summed E-state index contributed by atoms with van der Waals surface area (Å²) in [5.74, 6) is -0.466. The second kappa shape index (κ2) is 7.35. The number of para-hydroxylation sites is 1. The van der Waals surface area contributed by atoms with Crippen molar-refractivity contribution in [2.45, 2.75) is 12.6 Å². The highest BCUT2D eigenvalue weighted by Crippen LogP contribution is 2.36. The van der Waals surface area contributed by atoms with E-state index in [4.69, 9.17) is 14.6 Å². The first-order valence-corrected chi connectivity index (χ1v) is 5.87. The van der Waals surface area contributed by atoms with Gasteiger partial charge < -0.3 is 14.6 Å². The molecule has 0 aliphatic rings. The zero-order valence-electron chi connectivity index (χ0n) is 10.6. The van der Waals surface area contributed by atoms with Crippen molar-refractivity contribution in [1.29, 1.82) is 0 Å². The summed E-state index contributed by atoms with van der Waals surface area (Å²) in [7, 11) is 1.52. The molecular formula is C13H17F3O3. The second-order valence-electron chi connectivity index (χ2n) is 4.13. The number of alkyl halides is 3. The van der Waals surface area contributed by atoms with Crippen molar-refractivity contribution in [1.82, 2.24) is 0 Å². The lowest BCUT2D eigenvalue weighted by molar-refractivity contribution is -0.139. The molecule has 0 amide bonds. The predicted octanol–water partition coefficient (Wildman–Crippen LogP) is 2.73. The number of rotatable bonds is 7. The number of halogens is 3. The number of aliphatic hydroxyl groups excluding tert-OH is 1. The fraction of sp³-hybridized carbons (Fsp3) is 0.538. The molecule has 0 radical (unpaired) electrons. The van der Waals surface area contributed by atoms with Crippen molar-refractivity contribution < 1.29 is 27.8 Å². The lowest BCUT2D eigenvalue weighted by atomic mass is 10.1. The topological polar surface area (TPSA) is 38.7 Å². The minimum absolute atomic E-state index is 0.0208. The number of methoxy groups -OCH3 is 1. The number of hydrogen-bond donors (Lipinski definition) is 1. The van der Waals surface area contributed by atoms with Crippen molar-refractivity contribution in [2.24, 2.45) is 5.92 Å². The van der Waals surface area contributed by atoms with E-state index in [1.165, 1.54) is 25.3 Å². The third-order valence-electron chi connectivity index (χ3n) is 2.66. The fourth-order valence-electron chi connectivity index (χ4n) is 1.55. The maximum absolute atomic E-state index is 12.7. The molecule has 0 saturated heterocycles. The van der Waals surface area contributed by atoms with Gasteiger partial charge in [0.05, 0.1) is 12.2 Å². The Morgan fingerprint density at radius 1 is 1.26 bits per heavy atom. The van der Waals surface area contributed by atoms with E-state index < -0.39 is 11.7 Å². The maximum atomic E-state index is 12.7. The lowest BCUT2D eigenvalue weighted by Gasteiger charge is -2.17. The van der Waals surface area contributed by atoms with Crippen LogP contribution in [0.25, 0.3) is 0 Å². The van der Waals surface area contributed by atoms with Crippen molar-refractivity contribution in [3.63, 3.8) is 0 Å². The summed E-state index contributed by atoms with van der Waals surface area (Å²) in [6.07, 6.45) is -3.92. The molecule has 0 heterocycles. The van der Waals surface area contributed by atoms with Gasteiger partial charge in [0.1, 0.15) is 5.75 Å². The molecule has 3 nitrogen and oxygen atoms in total. The van der Waals surface area contributed by atoms with E-state index in [9.17, 15) is 13.2 Å². The molecule has 0 aromatic heterocycles. The van der Waals surface area contributed by atoms with Gasteiger partial charge in [0.15, 0.2) is 0 Å². The molecule has 1 unspecified atom stereocenters. The summed E-state index contributed by atoms with van der Waals surface area (Å²) in [5.41, 5.74) is -0.807. The van der Waals surface area contributed by atoms with Crippen LogP contribution < -0.4 is 4.74 Å². The molecule has 1 rings (SSSR count). The summed E-state index contributed by atoms with van der Waals surface area (Å²) in [5, 5.41) is 9.10. The van der Waals surface area contributed by atoms with Crippen LogP contribution in [0.3, 0.4) is 0 Å². The van der Waals surface area contributed by atoms with Crippen LogP contribution in [0, 0.1) is 5.92 Å². The first-order chi connectivity index (χ1) is 8.99. The molecule has 1 aromatic rings. The predicted molar refractivity (Wildman–Crippen MR) is 64.0 cm³/mol. The van der Waals surface area contributed by atoms with Crippen LogP contribution in [0.1, 0.15) is 12.0 Å². The SMILES string of the molecule is COCCC(CO)COc1ccccc1C(F)(F)F. The lowest BCUT2D eigenvalue weighted by Crippen LogP contribution is -2.19. The second-order valence-corrected chi connectivity index (χ2v) is 4.13. The van der Waals surface area contributed by atoms with Gasteiger partial charge in [-0.25, -0.2) is 0 Å². The van der Waals surface area contributed by atoms with Crippen molar-refractivity contribution in [3.05, 3.63) is 29.8 Å². The quantitative estimate of drug-likeness (QED) is 0.833. The number of ether oxygens (including phenoxy) is 2. The molecule has 1 atom stereocenters. The highest BCUT2D eigenvalue weighted by atomic mass is 19.4. The fourth-order valence-corrected chi connectivity index (χ4v) is 1.55. The average Bonchev–Trinajstić information content (AvgIpc) is 2.38. The highest BCUT2D eigenvalue weighted by molar-refractivity contribution is 5.35. The van der Waals surface area contributed by atoms with Gasteiger partial charge in [0.25, 0.3) is 0 Å². The van der Waals surface area contributed by atoms with E-state index >= 15 is 0 Å². The van der Waals surface area contributed by atoms with Crippen LogP contribution >= 0.6 is 0 Å². The van der Waals surface area contributed by atoms with Crippen LogP contribution in [0.2, 0.25) is 0 Å². The van der Waals surface area contributed by atoms with Crippen LogP contribution in [-0.2, 0) is 10.9 Å². The van der Waals surface area contributed by atoms with E-state index in [1.807, 2.05) is 0 Å². The van der Waals surface area contributed by atoms with Gasteiger partial charge in [-0.05, 0) is 18.6 Å². The Labute approximate surface area is 110 Å². The Bertz CT molecular complexity index is 380. The molecule has 0 bridgehead atoms. The van der Waals surface area contributed by atoms with E-state index in [1.54, 1.807) is 0 Å². The van der Waals surface area contributed by atoms with E-state index in [0.29, 0.717) is 13.0 Å². The van der Waals surface area contributed by atoms with E-state index in [0.717, 1.165) is 6.07 Å². The standard InChI is InChI=1S/C13H17F3O3/c1-18-7-6-10(8-17)9-19-12-5-3-2-4-11(12)13(14,15)16/h2-5,10,17H,6-9H2,1H3.